The van der Waals surface area contributed by atoms with Crippen LogP contribution in [-0.2, 0) is 4.74 Å². The van der Waals surface area contributed by atoms with E-state index in [0.29, 0.717) is 11.2 Å². The molecule has 9 heteroatoms. The van der Waals surface area contributed by atoms with Crippen LogP contribution in [0, 0.1) is 6.92 Å². The Morgan fingerprint density at radius 1 is 1.30 bits per heavy atom. The van der Waals surface area contributed by atoms with Crippen LogP contribution >= 0.6 is 11.8 Å². The molecule has 1 saturated heterocycles. The summed E-state index contributed by atoms with van der Waals surface area (Å²) in [7, 11) is 1.70. The molecular formula is C18H25F3N4OS. The topological polar surface area (TPSA) is 41.8 Å². The number of thioether (sulfide) groups is 1. The number of fused-ring (bicyclic) bond motifs is 1. The summed E-state index contributed by atoms with van der Waals surface area (Å²) in [5, 5.41) is 7.89. The van der Waals surface area contributed by atoms with Crippen LogP contribution in [0.3, 0.4) is 0 Å². The zero-order chi connectivity index (χ0) is 19.7. The Bertz CT molecular complexity index is 785. The Labute approximate surface area is 161 Å². The number of nitrogens with zero attached hydrogens (tertiary/aromatic N) is 3. The van der Waals surface area contributed by atoms with Gasteiger partial charge in [-0.3, -0.25) is 0 Å². The van der Waals surface area contributed by atoms with Gasteiger partial charge >= 0.3 is 5.51 Å². The summed E-state index contributed by atoms with van der Waals surface area (Å²) in [5.41, 5.74) is -3.61. The highest BCUT2D eigenvalue weighted by Gasteiger charge is 2.33. The fourth-order valence-electron chi connectivity index (χ4n) is 3.42. The highest BCUT2D eigenvalue weighted by atomic mass is 32.2. The number of likely N-dealkylation sites (tertiary alicyclic amines) is 1. The van der Waals surface area contributed by atoms with Gasteiger partial charge in [0, 0.05) is 32.3 Å². The number of alkyl halides is 3. The standard InChI is InChI=1S/C18H25F3N4OS/c1-13-16(27-18(19,20)21)14-5-4-6-15(25(14)23-13)22-17(2)7-9-24(10-8-17)11-12-26-3/h4-6,22H,7-12H2,1-3H3. The minimum atomic E-state index is -4.33. The number of hydrogen-bond donors (Lipinski definition) is 1. The Morgan fingerprint density at radius 3 is 2.63 bits per heavy atom. The first-order chi connectivity index (χ1) is 12.7. The molecule has 0 atom stereocenters. The van der Waals surface area contributed by atoms with Crippen molar-refractivity contribution in [2.24, 2.45) is 0 Å². The molecule has 150 valence electrons. The Hall–Kier alpha value is -1.45. The van der Waals surface area contributed by atoms with Crippen LogP contribution in [0.4, 0.5) is 19.0 Å². The lowest BCUT2D eigenvalue weighted by Gasteiger charge is -2.40. The summed E-state index contributed by atoms with van der Waals surface area (Å²) in [6.07, 6.45) is 1.88. The molecular weight excluding hydrogens is 377 g/mol. The van der Waals surface area contributed by atoms with Crippen molar-refractivity contribution in [2.75, 3.05) is 38.7 Å². The SMILES string of the molecule is COCCN1CCC(C)(Nc2cccc3c(SC(F)(F)F)c(C)nn23)CC1. The lowest BCUT2D eigenvalue weighted by Crippen LogP contribution is -2.48. The average molecular weight is 402 g/mol. The lowest BCUT2D eigenvalue weighted by molar-refractivity contribution is -0.0328. The first-order valence-electron chi connectivity index (χ1n) is 8.94. The highest BCUT2D eigenvalue weighted by molar-refractivity contribution is 8.00. The number of pyridine rings is 1. The molecule has 2 aromatic heterocycles. The van der Waals surface area contributed by atoms with E-state index in [4.69, 9.17) is 4.74 Å². The molecule has 1 aliphatic heterocycles. The smallest absolute Gasteiger partial charge is 0.383 e. The maximum absolute atomic E-state index is 12.9. The molecule has 0 spiro atoms. The molecule has 0 aromatic carbocycles. The number of nitrogens with one attached hydrogen (secondary N) is 1. The fraction of sp³-hybridized carbons (Fsp3) is 0.611. The van der Waals surface area contributed by atoms with E-state index >= 15 is 0 Å². The van der Waals surface area contributed by atoms with E-state index in [-0.39, 0.29) is 22.2 Å². The highest BCUT2D eigenvalue weighted by Crippen LogP contribution is 2.41. The number of hydrogen-bond acceptors (Lipinski definition) is 5. The van der Waals surface area contributed by atoms with Crippen molar-refractivity contribution in [2.45, 2.75) is 42.6 Å². The number of anilines is 1. The Balaban J connectivity index is 1.79. The van der Waals surface area contributed by atoms with Crippen LogP contribution in [0.5, 0.6) is 0 Å². The van der Waals surface area contributed by atoms with E-state index in [1.807, 2.05) is 6.07 Å². The maximum Gasteiger partial charge on any atom is 0.446 e. The van der Waals surface area contributed by atoms with Crippen LogP contribution in [0.2, 0.25) is 0 Å². The van der Waals surface area contributed by atoms with Crippen molar-refractivity contribution in [1.29, 1.82) is 0 Å². The van der Waals surface area contributed by atoms with Crippen molar-refractivity contribution >= 4 is 23.1 Å². The van der Waals surface area contributed by atoms with Gasteiger partial charge < -0.3 is 15.0 Å². The van der Waals surface area contributed by atoms with Crippen molar-refractivity contribution in [3.8, 4) is 0 Å². The summed E-state index contributed by atoms with van der Waals surface area (Å²) < 4.78 is 45.4. The van der Waals surface area contributed by atoms with Gasteiger partial charge in [-0.2, -0.15) is 18.3 Å². The Morgan fingerprint density at radius 2 is 2.00 bits per heavy atom. The van der Waals surface area contributed by atoms with Crippen molar-refractivity contribution in [1.82, 2.24) is 14.5 Å². The number of aryl methyl sites for hydroxylation is 1. The minimum Gasteiger partial charge on any atom is -0.383 e. The molecule has 5 nitrogen and oxygen atoms in total. The molecule has 0 unspecified atom stereocenters. The van der Waals surface area contributed by atoms with Crippen LogP contribution in [0.15, 0.2) is 23.1 Å². The lowest BCUT2D eigenvalue weighted by atomic mass is 9.89. The van der Waals surface area contributed by atoms with Gasteiger partial charge in [-0.25, -0.2) is 4.52 Å². The second kappa shape index (κ2) is 7.89. The van der Waals surface area contributed by atoms with E-state index in [9.17, 15) is 13.2 Å². The van der Waals surface area contributed by atoms with Gasteiger partial charge in [-0.15, -0.1) is 0 Å². The summed E-state index contributed by atoms with van der Waals surface area (Å²) in [5.74, 6) is 0.720. The third-order valence-electron chi connectivity index (χ3n) is 4.99. The molecule has 0 radical (unpaired) electrons. The van der Waals surface area contributed by atoms with E-state index in [1.165, 1.54) is 0 Å². The fourth-order valence-corrected chi connectivity index (χ4v) is 4.10. The molecule has 1 N–H and O–H groups in total. The van der Waals surface area contributed by atoms with E-state index in [2.05, 4.69) is 22.2 Å². The first-order valence-corrected chi connectivity index (χ1v) is 9.76. The van der Waals surface area contributed by atoms with Crippen molar-refractivity contribution in [3.63, 3.8) is 0 Å². The monoisotopic (exact) mass is 402 g/mol. The Kier molecular flexibility index (Phi) is 5.93. The molecule has 0 amide bonds. The molecule has 2 aromatic rings. The van der Waals surface area contributed by atoms with Crippen LogP contribution in [0.1, 0.15) is 25.5 Å². The molecule has 3 heterocycles. The zero-order valence-electron chi connectivity index (χ0n) is 15.8. The van der Waals surface area contributed by atoms with Crippen LogP contribution < -0.4 is 5.32 Å². The number of halogens is 3. The molecule has 1 fully saturated rings. The minimum absolute atomic E-state index is 0.104. The zero-order valence-corrected chi connectivity index (χ0v) is 16.6. The number of rotatable bonds is 6. The predicted octanol–water partition coefficient (Wildman–Crippen LogP) is 4.17. The summed E-state index contributed by atoms with van der Waals surface area (Å²) in [4.78, 5) is 2.52. The number of piperidine rings is 1. The van der Waals surface area contributed by atoms with Crippen molar-refractivity contribution in [3.05, 3.63) is 23.9 Å². The predicted molar refractivity (Wildman–Crippen MR) is 101 cm³/mol. The van der Waals surface area contributed by atoms with Crippen LogP contribution in [-0.4, -0.2) is 58.9 Å². The van der Waals surface area contributed by atoms with E-state index in [0.717, 1.165) is 44.9 Å². The third kappa shape index (κ3) is 4.89. The van der Waals surface area contributed by atoms with E-state index in [1.54, 1.807) is 30.7 Å². The molecule has 1 aliphatic rings. The van der Waals surface area contributed by atoms with Gasteiger partial charge in [-0.05, 0) is 50.6 Å². The van der Waals surface area contributed by atoms with E-state index < -0.39 is 5.51 Å². The molecule has 0 bridgehead atoms. The second-order valence-corrected chi connectivity index (χ2v) is 8.27. The number of ether oxygens (including phenoxy) is 1. The maximum atomic E-state index is 12.9. The molecule has 0 aliphatic carbocycles. The molecule has 3 rings (SSSR count). The van der Waals surface area contributed by atoms with Gasteiger partial charge in [0.15, 0.2) is 0 Å². The number of methoxy groups -OCH3 is 1. The summed E-state index contributed by atoms with van der Waals surface area (Å²) in [6, 6.07) is 5.31. The first kappa shape index (κ1) is 20.3. The normalized spacial score (nSPS) is 18.1. The largest absolute Gasteiger partial charge is 0.446 e. The molecule has 0 saturated carbocycles. The third-order valence-corrected chi connectivity index (χ3v) is 5.93. The van der Waals surface area contributed by atoms with Gasteiger partial charge in [-0.1, -0.05) is 6.07 Å². The van der Waals surface area contributed by atoms with Gasteiger partial charge in [0.1, 0.15) is 5.82 Å². The second-order valence-electron chi connectivity index (χ2n) is 7.19. The van der Waals surface area contributed by atoms with Gasteiger partial charge in [0.25, 0.3) is 0 Å². The average Bonchev–Trinajstić information content (AvgIpc) is 2.90. The summed E-state index contributed by atoms with van der Waals surface area (Å²) >= 11 is -0.104. The molecule has 27 heavy (non-hydrogen) atoms. The van der Waals surface area contributed by atoms with Gasteiger partial charge in [0.05, 0.1) is 22.7 Å². The van der Waals surface area contributed by atoms with Crippen LogP contribution in [0.25, 0.3) is 5.52 Å². The quantitative estimate of drug-likeness (QED) is 0.735. The van der Waals surface area contributed by atoms with Crippen molar-refractivity contribution < 1.29 is 17.9 Å². The summed E-state index contributed by atoms with van der Waals surface area (Å²) in [6.45, 7) is 7.31. The van der Waals surface area contributed by atoms with Gasteiger partial charge in [0.2, 0.25) is 0 Å². The number of aromatic nitrogens is 2.